The average Bonchev–Trinajstić information content (AvgIpc) is 3.12. The van der Waals surface area contributed by atoms with E-state index in [2.05, 4.69) is 67.8 Å². The van der Waals surface area contributed by atoms with Gasteiger partial charge in [0, 0.05) is 33.3 Å². The van der Waals surface area contributed by atoms with Crippen molar-refractivity contribution in [2.24, 2.45) is 4.99 Å². The predicted molar refractivity (Wildman–Crippen MR) is 138 cm³/mol. The number of alkyl halides is 1. The summed E-state index contributed by atoms with van der Waals surface area (Å²) in [5.74, 6) is 1.01. The van der Waals surface area contributed by atoms with Crippen LogP contribution in [0.5, 0.6) is 11.5 Å². The highest BCUT2D eigenvalue weighted by molar-refractivity contribution is 14.1. The number of halogens is 2. The van der Waals surface area contributed by atoms with Crippen molar-refractivity contribution in [2.45, 2.75) is 24.4 Å². The van der Waals surface area contributed by atoms with E-state index in [0.717, 1.165) is 32.1 Å². The summed E-state index contributed by atoms with van der Waals surface area (Å²) in [5.41, 5.74) is 5.48. The number of nitrogens with zero attached hydrogens (tertiary/aromatic N) is 2. The zero-order chi connectivity index (χ0) is 22.2. The Hall–Kier alpha value is -2.39. The average molecular weight is 603 g/mol. The molecule has 2 aliphatic rings. The van der Waals surface area contributed by atoms with E-state index in [1.54, 1.807) is 19.2 Å². The molecule has 5 rings (SSSR count). The Balaban J connectivity index is 1.47. The first-order chi connectivity index (χ1) is 15.6. The van der Waals surface area contributed by atoms with Crippen LogP contribution in [0.3, 0.4) is 0 Å². The van der Waals surface area contributed by atoms with Gasteiger partial charge in [-0.1, -0.05) is 40.2 Å². The van der Waals surface area contributed by atoms with Crippen molar-refractivity contribution in [1.29, 1.82) is 0 Å². The molecule has 0 fully saturated rings. The molecule has 0 saturated carbocycles. The molecule has 0 N–H and O–H groups in total. The number of hydrogen-bond acceptors (Lipinski definition) is 4. The lowest BCUT2D eigenvalue weighted by Crippen LogP contribution is -2.37. The number of hydrogen-bond donors (Lipinski definition) is 0. The minimum Gasteiger partial charge on any atom is -0.493 e. The third kappa shape index (κ3) is 3.92. The van der Waals surface area contributed by atoms with Crippen LogP contribution < -0.4 is 14.4 Å². The molecular formula is C25H20BrIN2O3. The number of benzene rings is 3. The maximum absolute atomic E-state index is 13.5. The molecule has 1 amide bonds. The zero-order valence-electron chi connectivity index (χ0n) is 17.3. The van der Waals surface area contributed by atoms with Crippen LogP contribution in [0.25, 0.3) is 0 Å². The van der Waals surface area contributed by atoms with Gasteiger partial charge in [-0.2, -0.15) is 0 Å². The third-order valence-electron chi connectivity index (χ3n) is 5.69. The molecule has 1 atom stereocenters. The molecule has 2 heterocycles. The van der Waals surface area contributed by atoms with Crippen molar-refractivity contribution < 1.29 is 14.3 Å². The van der Waals surface area contributed by atoms with E-state index in [9.17, 15) is 4.79 Å². The van der Waals surface area contributed by atoms with E-state index < -0.39 is 0 Å². The predicted octanol–water partition coefficient (Wildman–Crippen LogP) is 6.06. The number of para-hydroxylation sites is 1. The topological polar surface area (TPSA) is 51.1 Å². The second kappa shape index (κ2) is 8.86. The molecule has 0 saturated heterocycles. The molecule has 0 unspecified atom stereocenters. The number of methoxy groups -OCH3 is 1. The molecule has 2 aliphatic heterocycles. The number of ether oxygens (including phenoxy) is 2. The summed E-state index contributed by atoms with van der Waals surface area (Å²) in [6, 6.07) is 17.8. The van der Waals surface area contributed by atoms with Gasteiger partial charge in [0.05, 0.1) is 24.4 Å². The summed E-state index contributed by atoms with van der Waals surface area (Å²) in [7, 11) is 1.58. The van der Waals surface area contributed by atoms with Crippen molar-refractivity contribution in [3.63, 3.8) is 0 Å². The van der Waals surface area contributed by atoms with Crippen LogP contribution in [-0.2, 0) is 18.4 Å². The normalized spacial score (nSPS) is 16.3. The van der Waals surface area contributed by atoms with E-state index in [4.69, 9.17) is 9.47 Å². The summed E-state index contributed by atoms with van der Waals surface area (Å²) in [5, 5.41) is 0.788. The molecule has 5 nitrogen and oxygen atoms in total. The maximum atomic E-state index is 13.5. The first kappa shape index (κ1) is 21.5. The quantitative estimate of drug-likeness (QED) is 0.263. The second-order valence-electron chi connectivity index (χ2n) is 7.76. The first-order valence-corrected chi connectivity index (χ1v) is 12.4. The maximum Gasteiger partial charge on any atom is 0.261 e. The summed E-state index contributed by atoms with van der Waals surface area (Å²) < 4.78 is 12.9. The van der Waals surface area contributed by atoms with Gasteiger partial charge in [-0.15, -0.1) is 0 Å². The van der Waals surface area contributed by atoms with E-state index in [0.29, 0.717) is 29.4 Å². The molecule has 3 aromatic carbocycles. The summed E-state index contributed by atoms with van der Waals surface area (Å²) in [4.78, 5) is 20.0. The highest BCUT2D eigenvalue weighted by atomic mass is 127. The van der Waals surface area contributed by atoms with Gasteiger partial charge in [0.1, 0.15) is 6.61 Å². The van der Waals surface area contributed by atoms with E-state index in [1.807, 2.05) is 29.3 Å². The van der Waals surface area contributed by atoms with Gasteiger partial charge in [0.25, 0.3) is 5.91 Å². The van der Waals surface area contributed by atoms with Crippen LogP contribution in [0.15, 0.2) is 59.6 Å². The lowest BCUT2D eigenvalue weighted by molar-refractivity contribution is 0.0986. The largest absolute Gasteiger partial charge is 0.493 e. The number of fused-ring (bicyclic) bond motifs is 4. The lowest BCUT2D eigenvalue weighted by atomic mass is 10.1. The number of amides is 1. The number of aliphatic imine (C=N–C) groups is 1. The Kier molecular flexibility index (Phi) is 5.94. The van der Waals surface area contributed by atoms with Crippen LogP contribution >= 0.6 is 38.5 Å². The highest BCUT2D eigenvalue weighted by Gasteiger charge is 2.36. The number of anilines is 1. The molecule has 0 aliphatic carbocycles. The van der Waals surface area contributed by atoms with Gasteiger partial charge in [0.15, 0.2) is 11.5 Å². The standard InChI is InChI=1S/C25H20BrIN2O3/c1-31-23-10-20-21(11-24(23)32-14-16-6-15(12-26)7-18(27)8-16)28-13-19-9-17-4-2-3-5-22(17)29(19)25(20)30/h2-8,10-11,13,19H,9,12,14H2,1H3/t19-/m0/s1. The number of carbonyl (C=O) groups is 1. The van der Waals surface area contributed by atoms with E-state index >= 15 is 0 Å². The number of carbonyl (C=O) groups excluding carboxylic acids is 1. The fourth-order valence-corrected chi connectivity index (χ4v) is 5.35. The molecule has 7 heteroatoms. The van der Waals surface area contributed by atoms with Crippen molar-refractivity contribution in [2.75, 3.05) is 12.0 Å². The van der Waals surface area contributed by atoms with Crippen LogP contribution in [0.1, 0.15) is 27.0 Å². The SMILES string of the molecule is COc1cc2c(cc1OCc1cc(I)cc(CBr)c1)N=C[C@@H]1Cc3ccccc3N1C2=O. The van der Waals surface area contributed by atoms with Gasteiger partial charge in [-0.05, 0) is 63.5 Å². The lowest BCUT2D eigenvalue weighted by Gasteiger charge is -2.22. The molecule has 162 valence electrons. The van der Waals surface area contributed by atoms with E-state index in [-0.39, 0.29) is 11.9 Å². The Morgan fingerprint density at radius 2 is 1.94 bits per heavy atom. The fourth-order valence-electron chi connectivity index (χ4n) is 4.23. The van der Waals surface area contributed by atoms with Crippen molar-refractivity contribution in [1.82, 2.24) is 0 Å². The minimum absolute atomic E-state index is 0.0723. The monoisotopic (exact) mass is 602 g/mol. The molecule has 0 bridgehead atoms. The fraction of sp³-hybridized carbons (Fsp3) is 0.200. The van der Waals surface area contributed by atoms with Crippen molar-refractivity contribution in [3.05, 3.63) is 80.4 Å². The van der Waals surface area contributed by atoms with Gasteiger partial charge < -0.3 is 9.47 Å². The van der Waals surface area contributed by atoms with Gasteiger partial charge in [0.2, 0.25) is 0 Å². The third-order valence-corrected chi connectivity index (χ3v) is 6.97. The van der Waals surface area contributed by atoms with E-state index in [1.165, 1.54) is 5.56 Å². The number of rotatable bonds is 5. The Morgan fingerprint density at radius 3 is 2.75 bits per heavy atom. The second-order valence-corrected chi connectivity index (χ2v) is 9.57. The molecule has 0 spiro atoms. The van der Waals surface area contributed by atoms with Gasteiger partial charge in [-0.25, -0.2) is 0 Å². The summed E-state index contributed by atoms with van der Waals surface area (Å²) in [6.07, 6.45) is 2.63. The van der Waals surface area contributed by atoms with Crippen molar-refractivity contribution in [3.8, 4) is 11.5 Å². The smallest absolute Gasteiger partial charge is 0.261 e. The molecular weight excluding hydrogens is 583 g/mol. The van der Waals surface area contributed by atoms with Gasteiger partial charge >= 0.3 is 0 Å². The van der Waals surface area contributed by atoms with Crippen LogP contribution in [0.2, 0.25) is 0 Å². The van der Waals surface area contributed by atoms with Crippen molar-refractivity contribution >= 4 is 62.0 Å². The molecule has 3 aromatic rings. The Morgan fingerprint density at radius 1 is 1.12 bits per heavy atom. The van der Waals surface area contributed by atoms with Crippen LogP contribution in [0.4, 0.5) is 11.4 Å². The molecule has 32 heavy (non-hydrogen) atoms. The van der Waals surface area contributed by atoms with Crippen LogP contribution in [0, 0.1) is 3.57 Å². The Bertz CT molecular complexity index is 1240. The highest BCUT2D eigenvalue weighted by Crippen LogP contribution is 2.41. The van der Waals surface area contributed by atoms with Crippen LogP contribution in [-0.4, -0.2) is 25.3 Å². The Labute approximate surface area is 208 Å². The molecule has 0 radical (unpaired) electrons. The summed E-state index contributed by atoms with van der Waals surface area (Å²) in [6.45, 7) is 0.395. The van der Waals surface area contributed by atoms with Gasteiger partial charge in [-0.3, -0.25) is 14.7 Å². The molecule has 0 aromatic heterocycles. The summed E-state index contributed by atoms with van der Waals surface area (Å²) >= 11 is 5.82. The first-order valence-electron chi connectivity index (χ1n) is 10.2. The zero-order valence-corrected chi connectivity index (χ0v) is 21.1. The minimum atomic E-state index is -0.0864.